The molecular formula is C22H24N2O4. The van der Waals surface area contributed by atoms with Crippen molar-refractivity contribution < 1.29 is 18.7 Å². The van der Waals surface area contributed by atoms with Gasteiger partial charge in [-0.25, -0.2) is 0 Å². The number of hydrogen-bond donors (Lipinski definition) is 0. The summed E-state index contributed by atoms with van der Waals surface area (Å²) in [6.45, 7) is 5.01. The smallest absolute Gasteiger partial charge is 0.289 e. The van der Waals surface area contributed by atoms with Crippen LogP contribution in [0.15, 0.2) is 53.0 Å². The first-order valence-corrected chi connectivity index (χ1v) is 9.72. The Balaban J connectivity index is 1.46. The maximum absolute atomic E-state index is 12.7. The van der Waals surface area contributed by atoms with Crippen molar-refractivity contribution in [2.45, 2.75) is 19.4 Å². The van der Waals surface area contributed by atoms with E-state index in [0.717, 1.165) is 12.0 Å². The van der Waals surface area contributed by atoms with Crippen LogP contribution in [0.4, 0.5) is 0 Å². The van der Waals surface area contributed by atoms with Crippen LogP contribution in [0.5, 0.6) is 0 Å². The molecule has 0 saturated carbocycles. The van der Waals surface area contributed by atoms with E-state index in [1.807, 2.05) is 35.2 Å². The fraction of sp³-hybridized carbons (Fsp3) is 0.364. The molecule has 3 heterocycles. The van der Waals surface area contributed by atoms with E-state index in [-0.39, 0.29) is 17.9 Å². The maximum Gasteiger partial charge on any atom is 0.289 e. The minimum Gasteiger partial charge on any atom is -0.451 e. The van der Waals surface area contributed by atoms with Crippen molar-refractivity contribution in [3.63, 3.8) is 0 Å². The van der Waals surface area contributed by atoms with Crippen LogP contribution in [0.1, 0.15) is 34.3 Å². The van der Waals surface area contributed by atoms with E-state index in [0.29, 0.717) is 49.9 Å². The lowest BCUT2D eigenvalue weighted by atomic mass is 10.1. The Hall–Kier alpha value is -2.86. The number of rotatable bonds is 4. The molecule has 0 N–H and O–H groups in total. The van der Waals surface area contributed by atoms with E-state index in [9.17, 15) is 9.59 Å². The van der Waals surface area contributed by atoms with Gasteiger partial charge in [0.2, 0.25) is 0 Å². The molecule has 146 valence electrons. The molecule has 0 spiro atoms. The van der Waals surface area contributed by atoms with Gasteiger partial charge in [0, 0.05) is 30.8 Å². The average Bonchev–Trinajstić information content (AvgIpc) is 3.43. The van der Waals surface area contributed by atoms with Gasteiger partial charge in [0.25, 0.3) is 11.8 Å². The summed E-state index contributed by atoms with van der Waals surface area (Å²) in [6, 6.07) is 11.0. The summed E-state index contributed by atoms with van der Waals surface area (Å²) in [5.74, 6) is 0.857. The molecule has 2 aliphatic heterocycles. The van der Waals surface area contributed by atoms with Crippen LogP contribution in [0.2, 0.25) is 0 Å². The summed E-state index contributed by atoms with van der Waals surface area (Å²) in [6.07, 6.45) is 5.03. The Kier molecular flexibility index (Phi) is 5.30. The topological polar surface area (TPSA) is 63.0 Å². The Bertz CT molecular complexity index is 878. The van der Waals surface area contributed by atoms with Crippen LogP contribution < -0.4 is 0 Å². The zero-order valence-electron chi connectivity index (χ0n) is 16.0. The van der Waals surface area contributed by atoms with Gasteiger partial charge in [-0.05, 0) is 30.7 Å². The first-order chi connectivity index (χ1) is 13.7. The average molecular weight is 380 g/mol. The highest BCUT2D eigenvalue weighted by molar-refractivity contribution is 5.95. The molecule has 1 atom stereocenters. The fourth-order valence-corrected chi connectivity index (χ4v) is 3.63. The van der Waals surface area contributed by atoms with Crippen LogP contribution in [-0.2, 0) is 4.74 Å². The van der Waals surface area contributed by atoms with E-state index >= 15 is 0 Å². The molecule has 2 aliphatic rings. The Morgan fingerprint density at radius 3 is 2.50 bits per heavy atom. The fourth-order valence-electron chi connectivity index (χ4n) is 3.63. The lowest BCUT2D eigenvalue weighted by Crippen LogP contribution is -2.40. The van der Waals surface area contributed by atoms with Crippen LogP contribution in [0.25, 0.3) is 11.3 Å². The number of carbonyl (C=O) groups is 2. The van der Waals surface area contributed by atoms with Gasteiger partial charge in [0.1, 0.15) is 5.76 Å². The van der Waals surface area contributed by atoms with Gasteiger partial charge in [-0.15, -0.1) is 0 Å². The van der Waals surface area contributed by atoms with Crippen molar-refractivity contribution in [2.24, 2.45) is 0 Å². The molecule has 4 rings (SSSR count). The molecule has 6 heteroatoms. The van der Waals surface area contributed by atoms with Gasteiger partial charge < -0.3 is 19.0 Å². The van der Waals surface area contributed by atoms with Crippen LogP contribution in [0.3, 0.4) is 0 Å². The SMILES string of the molecule is CC[C@@H]1C=CCN1C(=O)c1ccc(-c2ccc(C(=O)N3CCOCC3)o2)cc1. The summed E-state index contributed by atoms with van der Waals surface area (Å²) in [5, 5.41) is 0. The molecule has 2 aromatic rings. The predicted octanol–water partition coefficient (Wildman–Crippen LogP) is 3.21. The van der Waals surface area contributed by atoms with E-state index in [1.165, 1.54) is 0 Å². The first-order valence-electron chi connectivity index (χ1n) is 9.72. The standard InChI is InChI=1S/C22H24N2O4/c1-2-18-4-3-11-24(18)21(25)17-7-5-16(6-8-17)19-9-10-20(28-19)22(26)23-12-14-27-15-13-23/h3-10,18H,2,11-15H2,1H3/t18-/m1/s1. The normalized spacial score (nSPS) is 19.2. The third-order valence-electron chi connectivity index (χ3n) is 5.27. The summed E-state index contributed by atoms with van der Waals surface area (Å²) >= 11 is 0. The molecule has 1 aromatic heterocycles. The lowest BCUT2D eigenvalue weighted by molar-refractivity contribution is 0.0283. The molecule has 0 bridgehead atoms. The molecule has 1 aromatic carbocycles. The molecule has 0 aliphatic carbocycles. The maximum atomic E-state index is 12.7. The first kappa shape index (κ1) is 18.5. The van der Waals surface area contributed by atoms with Crippen LogP contribution in [0, 0.1) is 0 Å². The third kappa shape index (κ3) is 3.60. The quantitative estimate of drug-likeness (QED) is 0.764. The number of furan rings is 1. The number of amides is 2. The Labute approximate surface area is 164 Å². The van der Waals surface area contributed by atoms with Gasteiger partial charge in [-0.2, -0.15) is 0 Å². The third-order valence-corrected chi connectivity index (χ3v) is 5.27. The van der Waals surface area contributed by atoms with Gasteiger partial charge >= 0.3 is 0 Å². The number of hydrogen-bond acceptors (Lipinski definition) is 4. The molecular weight excluding hydrogens is 356 g/mol. The van der Waals surface area contributed by atoms with Crippen molar-refractivity contribution in [1.29, 1.82) is 0 Å². The summed E-state index contributed by atoms with van der Waals surface area (Å²) < 4.78 is 11.1. The van der Waals surface area contributed by atoms with Gasteiger partial charge in [-0.3, -0.25) is 9.59 Å². The van der Waals surface area contributed by atoms with Crippen molar-refractivity contribution >= 4 is 11.8 Å². The van der Waals surface area contributed by atoms with Gasteiger partial charge in [-0.1, -0.05) is 31.2 Å². The molecule has 0 radical (unpaired) electrons. The number of benzene rings is 1. The zero-order valence-corrected chi connectivity index (χ0v) is 16.0. The van der Waals surface area contributed by atoms with Crippen LogP contribution >= 0.6 is 0 Å². The molecule has 1 fully saturated rings. The highest BCUT2D eigenvalue weighted by Gasteiger charge is 2.25. The second kappa shape index (κ2) is 8.02. The summed E-state index contributed by atoms with van der Waals surface area (Å²) in [7, 11) is 0. The summed E-state index contributed by atoms with van der Waals surface area (Å²) in [4.78, 5) is 28.9. The van der Waals surface area contributed by atoms with E-state index < -0.39 is 0 Å². The minimum atomic E-state index is -0.117. The number of carbonyl (C=O) groups excluding carboxylic acids is 2. The second-order valence-corrected chi connectivity index (χ2v) is 7.01. The van der Waals surface area contributed by atoms with Crippen molar-refractivity contribution in [3.05, 3.63) is 59.9 Å². The number of morpholine rings is 1. The van der Waals surface area contributed by atoms with E-state index in [4.69, 9.17) is 9.15 Å². The highest BCUT2D eigenvalue weighted by Crippen LogP contribution is 2.25. The van der Waals surface area contributed by atoms with Gasteiger partial charge in [0.15, 0.2) is 5.76 Å². The zero-order chi connectivity index (χ0) is 19.5. The van der Waals surface area contributed by atoms with Gasteiger partial charge in [0.05, 0.1) is 19.3 Å². The van der Waals surface area contributed by atoms with Crippen molar-refractivity contribution in [3.8, 4) is 11.3 Å². The monoisotopic (exact) mass is 380 g/mol. The van der Waals surface area contributed by atoms with E-state index in [1.54, 1.807) is 17.0 Å². The van der Waals surface area contributed by atoms with Crippen molar-refractivity contribution in [2.75, 3.05) is 32.8 Å². The number of nitrogens with zero attached hydrogens (tertiary/aromatic N) is 2. The molecule has 2 amide bonds. The largest absolute Gasteiger partial charge is 0.451 e. The second-order valence-electron chi connectivity index (χ2n) is 7.01. The molecule has 0 unspecified atom stereocenters. The summed E-state index contributed by atoms with van der Waals surface area (Å²) in [5.41, 5.74) is 1.49. The lowest BCUT2D eigenvalue weighted by Gasteiger charge is -2.25. The Morgan fingerprint density at radius 2 is 1.79 bits per heavy atom. The number of ether oxygens (including phenoxy) is 1. The molecule has 28 heavy (non-hydrogen) atoms. The van der Waals surface area contributed by atoms with E-state index in [2.05, 4.69) is 13.0 Å². The molecule has 6 nitrogen and oxygen atoms in total. The van der Waals surface area contributed by atoms with Crippen LogP contribution in [-0.4, -0.2) is 60.5 Å². The predicted molar refractivity (Wildman–Crippen MR) is 105 cm³/mol. The molecule has 1 saturated heterocycles. The van der Waals surface area contributed by atoms with Crippen molar-refractivity contribution in [1.82, 2.24) is 9.80 Å². The highest BCUT2D eigenvalue weighted by atomic mass is 16.5. The minimum absolute atomic E-state index is 0.0334. The Morgan fingerprint density at radius 1 is 1.04 bits per heavy atom.